The molecule has 0 saturated carbocycles. The van der Waals surface area contributed by atoms with Crippen LogP contribution in [0.5, 0.6) is 0 Å². The van der Waals surface area contributed by atoms with E-state index >= 15 is 0 Å². The molecule has 0 spiro atoms. The van der Waals surface area contributed by atoms with E-state index in [1.54, 1.807) is 7.05 Å². The number of hydrogen-bond acceptors (Lipinski definition) is 3. The molecule has 0 radical (unpaired) electrons. The Hall–Kier alpha value is -4.19. The molecular formula is C29H29N3O3. The largest absolute Gasteiger partial charge is 0.481 e. The van der Waals surface area contributed by atoms with Crippen LogP contribution in [0.1, 0.15) is 34.7 Å². The first-order valence-corrected chi connectivity index (χ1v) is 11.6. The van der Waals surface area contributed by atoms with Crippen molar-refractivity contribution in [1.82, 2.24) is 9.78 Å². The van der Waals surface area contributed by atoms with Crippen LogP contribution in [0, 0.1) is 13.8 Å². The van der Waals surface area contributed by atoms with Gasteiger partial charge in [-0.15, -0.1) is 0 Å². The minimum absolute atomic E-state index is 0.451. The Morgan fingerprint density at radius 1 is 1.00 bits per heavy atom. The first kappa shape index (κ1) is 24.0. The van der Waals surface area contributed by atoms with Crippen molar-refractivity contribution in [2.75, 3.05) is 11.9 Å². The molecule has 0 aliphatic rings. The van der Waals surface area contributed by atoms with Crippen molar-refractivity contribution in [1.29, 1.82) is 0 Å². The lowest BCUT2D eigenvalue weighted by molar-refractivity contribution is -0.139. The van der Waals surface area contributed by atoms with Crippen LogP contribution >= 0.6 is 0 Å². The highest BCUT2D eigenvalue weighted by Gasteiger charge is 2.21. The molecule has 1 amide bonds. The molecule has 6 nitrogen and oxygen atoms in total. The standard InChI is InChI=1S/C29H29N3O3/c1-20-7-12-26(13-8-20)32-28(22-9-14-25(15-10-22)31(3)19-33)18-24(30-32)11-16-27(29(34)35)23-6-4-5-21(2)17-23/h4-10,12-15,17-19,27H,11,16H2,1-3H3,(H,34,35). The van der Waals surface area contributed by atoms with Gasteiger partial charge in [0.25, 0.3) is 0 Å². The highest BCUT2D eigenvalue weighted by Crippen LogP contribution is 2.29. The van der Waals surface area contributed by atoms with Gasteiger partial charge in [-0.25, -0.2) is 4.68 Å². The number of hydrogen-bond donors (Lipinski definition) is 1. The van der Waals surface area contributed by atoms with Crippen molar-refractivity contribution in [3.8, 4) is 16.9 Å². The Balaban J connectivity index is 1.67. The zero-order valence-corrected chi connectivity index (χ0v) is 20.2. The quantitative estimate of drug-likeness (QED) is 0.328. The fourth-order valence-corrected chi connectivity index (χ4v) is 4.18. The molecule has 0 saturated heterocycles. The van der Waals surface area contributed by atoms with Crippen molar-refractivity contribution in [2.45, 2.75) is 32.6 Å². The molecule has 0 aliphatic carbocycles. The molecule has 0 bridgehead atoms. The molecule has 4 rings (SSSR count). The Kier molecular flexibility index (Phi) is 7.11. The maximum absolute atomic E-state index is 12.0. The summed E-state index contributed by atoms with van der Waals surface area (Å²) in [7, 11) is 1.71. The van der Waals surface area contributed by atoms with E-state index in [9.17, 15) is 14.7 Å². The Bertz CT molecular complexity index is 1320. The van der Waals surface area contributed by atoms with Gasteiger partial charge in [0.05, 0.1) is 23.0 Å². The van der Waals surface area contributed by atoms with E-state index in [0.29, 0.717) is 12.8 Å². The number of carbonyl (C=O) groups is 2. The summed E-state index contributed by atoms with van der Waals surface area (Å²) in [6, 6.07) is 25.6. The van der Waals surface area contributed by atoms with Gasteiger partial charge in [-0.3, -0.25) is 9.59 Å². The van der Waals surface area contributed by atoms with Gasteiger partial charge in [0.1, 0.15) is 0 Å². The molecule has 3 aromatic carbocycles. The molecule has 1 atom stereocenters. The Morgan fingerprint density at radius 3 is 2.34 bits per heavy atom. The molecule has 1 heterocycles. The van der Waals surface area contributed by atoms with Gasteiger partial charge in [-0.1, -0.05) is 59.7 Å². The number of aromatic nitrogens is 2. The lowest BCUT2D eigenvalue weighted by Crippen LogP contribution is -2.13. The van der Waals surface area contributed by atoms with Gasteiger partial charge in [-0.05, 0) is 62.6 Å². The zero-order chi connectivity index (χ0) is 24.9. The molecule has 35 heavy (non-hydrogen) atoms. The number of carbonyl (C=O) groups excluding carboxylic acids is 1. The van der Waals surface area contributed by atoms with Gasteiger partial charge in [0, 0.05) is 18.3 Å². The van der Waals surface area contributed by atoms with Crippen LogP contribution in [-0.2, 0) is 16.0 Å². The third kappa shape index (κ3) is 5.49. The van der Waals surface area contributed by atoms with Crippen LogP contribution < -0.4 is 4.90 Å². The fourth-order valence-electron chi connectivity index (χ4n) is 4.18. The number of aliphatic carboxylic acids is 1. The number of carboxylic acids is 1. The van der Waals surface area contributed by atoms with E-state index in [-0.39, 0.29) is 0 Å². The molecular weight excluding hydrogens is 438 g/mol. The maximum Gasteiger partial charge on any atom is 0.310 e. The molecule has 0 aliphatic heterocycles. The molecule has 1 N–H and O–H groups in total. The summed E-state index contributed by atoms with van der Waals surface area (Å²) >= 11 is 0. The van der Waals surface area contributed by atoms with Crippen molar-refractivity contribution in [3.05, 3.63) is 101 Å². The summed E-state index contributed by atoms with van der Waals surface area (Å²) in [5, 5.41) is 14.7. The second-order valence-corrected chi connectivity index (χ2v) is 8.88. The third-order valence-corrected chi connectivity index (χ3v) is 6.20. The number of carboxylic acid groups (broad SMARTS) is 1. The summed E-state index contributed by atoms with van der Waals surface area (Å²) < 4.78 is 1.90. The van der Waals surface area contributed by atoms with Crippen molar-refractivity contribution in [3.63, 3.8) is 0 Å². The minimum Gasteiger partial charge on any atom is -0.481 e. The smallest absolute Gasteiger partial charge is 0.310 e. The van der Waals surface area contributed by atoms with Crippen molar-refractivity contribution >= 4 is 18.1 Å². The van der Waals surface area contributed by atoms with Crippen LogP contribution in [0.15, 0.2) is 78.9 Å². The second-order valence-electron chi connectivity index (χ2n) is 8.88. The van der Waals surface area contributed by atoms with Crippen LogP contribution in [0.3, 0.4) is 0 Å². The lowest BCUT2D eigenvalue weighted by atomic mass is 9.92. The highest BCUT2D eigenvalue weighted by molar-refractivity contribution is 5.77. The van der Waals surface area contributed by atoms with Crippen LogP contribution in [-0.4, -0.2) is 34.3 Å². The number of anilines is 1. The van der Waals surface area contributed by atoms with Crippen LogP contribution in [0.2, 0.25) is 0 Å². The van der Waals surface area contributed by atoms with E-state index in [0.717, 1.165) is 51.4 Å². The summed E-state index contributed by atoms with van der Waals surface area (Å²) in [5.41, 5.74) is 7.44. The van der Waals surface area contributed by atoms with E-state index in [1.807, 2.05) is 97.4 Å². The average Bonchev–Trinajstić information content (AvgIpc) is 3.28. The van der Waals surface area contributed by atoms with Gasteiger partial charge in [0.2, 0.25) is 6.41 Å². The predicted molar refractivity (Wildman–Crippen MR) is 138 cm³/mol. The predicted octanol–water partition coefficient (Wildman–Crippen LogP) is 5.55. The van der Waals surface area contributed by atoms with E-state index in [2.05, 4.69) is 0 Å². The number of aryl methyl sites for hydroxylation is 3. The third-order valence-electron chi connectivity index (χ3n) is 6.20. The Labute approximate surface area is 205 Å². The first-order chi connectivity index (χ1) is 16.9. The highest BCUT2D eigenvalue weighted by atomic mass is 16.4. The first-order valence-electron chi connectivity index (χ1n) is 11.6. The summed E-state index contributed by atoms with van der Waals surface area (Å²) in [6.45, 7) is 4.01. The molecule has 0 fully saturated rings. The van der Waals surface area contributed by atoms with Crippen LogP contribution in [0.25, 0.3) is 16.9 Å². The second kappa shape index (κ2) is 10.4. The average molecular weight is 468 g/mol. The number of nitrogens with zero attached hydrogens (tertiary/aromatic N) is 3. The summed E-state index contributed by atoms with van der Waals surface area (Å²) in [6.07, 6.45) is 1.76. The fraction of sp³-hybridized carbons (Fsp3) is 0.207. The number of rotatable bonds is 9. The molecule has 178 valence electrons. The lowest BCUT2D eigenvalue weighted by Gasteiger charge is -2.12. The van der Waals surface area contributed by atoms with Gasteiger partial charge in [-0.2, -0.15) is 5.10 Å². The Morgan fingerprint density at radius 2 is 1.71 bits per heavy atom. The van der Waals surface area contributed by atoms with E-state index < -0.39 is 11.9 Å². The molecule has 6 heteroatoms. The number of benzene rings is 3. The number of amides is 1. The minimum atomic E-state index is -0.830. The van der Waals surface area contributed by atoms with Gasteiger partial charge in [0.15, 0.2) is 0 Å². The van der Waals surface area contributed by atoms with Gasteiger partial charge < -0.3 is 10.0 Å². The normalized spacial score (nSPS) is 11.7. The molecule has 4 aromatic rings. The summed E-state index contributed by atoms with van der Waals surface area (Å²) in [4.78, 5) is 24.7. The van der Waals surface area contributed by atoms with E-state index in [1.165, 1.54) is 4.90 Å². The zero-order valence-electron chi connectivity index (χ0n) is 20.2. The summed E-state index contributed by atoms with van der Waals surface area (Å²) in [5.74, 6) is -1.43. The SMILES string of the molecule is Cc1ccc(-n2nc(CCC(C(=O)O)c3cccc(C)c3)cc2-c2ccc(N(C)C=O)cc2)cc1. The van der Waals surface area contributed by atoms with Gasteiger partial charge >= 0.3 is 5.97 Å². The van der Waals surface area contributed by atoms with E-state index in [4.69, 9.17) is 5.10 Å². The topological polar surface area (TPSA) is 75.4 Å². The van der Waals surface area contributed by atoms with Crippen LogP contribution in [0.4, 0.5) is 5.69 Å². The van der Waals surface area contributed by atoms with Crippen molar-refractivity contribution < 1.29 is 14.7 Å². The molecule has 1 unspecified atom stereocenters. The maximum atomic E-state index is 12.0. The van der Waals surface area contributed by atoms with Crippen molar-refractivity contribution in [2.24, 2.45) is 0 Å². The molecule has 1 aromatic heterocycles. The monoisotopic (exact) mass is 467 g/mol.